The van der Waals surface area contributed by atoms with E-state index in [0.29, 0.717) is 34.4 Å². The lowest BCUT2D eigenvalue weighted by Gasteiger charge is -2.35. The van der Waals surface area contributed by atoms with Crippen molar-refractivity contribution in [1.82, 2.24) is 4.90 Å². The Kier molecular flexibility index (Phi) is 5.47. The third-order valence-electron chi connectivity index (χ3n) is 8.52. The minimum absolute atomic E-state index is 0.0466. The number of hydrogen-bond donors (Lipinski definition) is 0. The van der Waals surface area contributed by atoms with Crippen molar-refractivity contribution < 1.29 is 23.1 Å². The van der Waals surface area contributed by atoms with Gasteiger partial charge in [-0.15, -0.1) is 0 Å². The van der Waals surface area contributed by atoms with Crippen LogP contribution >= 0.6 is 0 Å². The zero-order chi connectivity index (χ0) is 27.8. The molecule has 8 heteroatoms. The smallest absolute Gasteiger partial charge is 0.291 e. The fourth-order valence-corrected chi connectivity index (χ4v) is 6.42. The van der Waals surface area contributed by atoms with Crippen molar-refractivity contribution in [2.75, 3.05) is 18.1 Å². The van der Waals surface area contributed by atoms with Crippen LogP contribution in [-0.4, -0.2) is 36.0 Å². The summed E-state index contributed by atoms with van der Waals surface area (Å²) in [6.45, 7) is 4.69. The molecule has 1 spiro atoms. The van der Waals surface area contributed by atoms with Gasteiger partial charge in [-0.2, -0.15) is 0 Å². The number of carbonyl (C=O) groups excluding carboxylic acids is 2. The SMILES string of the molecule is Cc1cc2oc3c(c(=O)c2cc1C)C1(C(=O)N(Cc2ccc(F)cc2)c2ccccc21)N(CC1CCCO1)C3=O. The van der Waals surface area contributed by atoms with Crippen LogP contribution < -0.4 is 10.3 Å². The summed E-state index contributed by atoms with van der Waals surface area (Å²) in [6.07, 6.45) is 1.33. The third-order valence-corrected chi connectivity index (χ3v) is 8.52. The van der Waals surface area contributed by atoms with E-state index < -0.39 is 22.8 Å². The zero-order valence-corrected chi connectivity index (χ0v) is 22.2. The molecule has 1 aromatic heterocycles. The normalized spacial score (nSPS) is 21.6. The van der Waals surface area contributed by atoms with Gasteiger partial charge < -0.3 is 19.0 Å². The first-order valence-electron chi connectivity index (χ1n) is 13.5. The quantitative estimate of drug-likeness (QED) is 0.367. The molecule has 0 aliphatic carbocycles. The predicted octanol–water partition coefficient (Wildman–Crippen LogP) is 4.97. The highest BCUT2D eigenvalue weighted by Gasteiger charge is 2.65. The van der Waals surface area contributed by atoms with Crippen LogP contribution in [0.25, 0.3) is 11.0 Å². The van der Waals surface area contributed by atoms with Crippen molar-refractivity contribution in [3.8, 4) is 0 Å². The highest BCUT2D eigenvalue weighted by Crippen LogP contribution is 2.53. The van der Waals surface area contributed by atoms with E-state index >= 15 is 0 Å². The van der Waals surface area contributed by atoms with Crippen LogP contribution in [-0.2, 0) is 21.6 Å². The van der Waals surface area contributed by atoms with Gasteiger partial charge in [0.25, 0.3) is 11.8 Å². The Hall–Kier alpha value is -4.30. The van der Waals surface area contributed by atoms with Crippen LogP contribution in [0.15, 0.2) is 69.9 Å². The van der Waals surface area contributed by atoms with Crippen molar-refractivity contribution in [3.05, 3.63) is 110 Å². The Morgan fingerprint density at radius 2 is 1.75 bits per heavy atom. The topological polar surface area (TPSA) is 80.1 Å². The maximum absolute atomic E-state index is 14.8. The molecule has 202 valence electrons. The second kappa shape index (κ2) is 8.86. The van der Waals surface area contributed by atoms with Crippen LogP contribution in [0.3, 0.4) is 0 Å². The summed E-state index contributed by atoms with van der Waals surface area (Å²) >= 11 is 0. The molecule has 1 fully saturated rings. The Labute approximate surface area is 229 Å². The Balaban J connectivity index is 1.50. The summed E-state index contributed by atoms with van der Waals surface area (Å²) in [5.74, 6) is -1.40. The summed E-state index contributed by atoms with van der Waals surface area (Å²) in [5.41, 5.74) is 1.95. The van der Waals surface area contributed by atoms with Gasteiger partial charge in [0.15, 0.2) is 11.0 Å². The van der Waals surface area contributed by atoms with E-state index in [-0.39, 0.29) is 36.3 Å². The molecular formula is C32H27FN2O5. The number of amides is 2. The highest BCUT2D eigenvalue weighted by molar-refractivity contribution is 6.17. The fraction of sp³-hybridized carbons (Fsp3) is 0.281. The molecule has 7 rings (SSSR count). The van der Waals surface area contributed by atoms with Gasteiger partial charge in [-0.05, 0) is 73.7 Å². The van der Waals surface area contributed by atoms with Crippen molar-refractivity contribution >= 4 is 28.5 Å². The Morgan fingerprint density at radius 3 is 2.50 bits per heavy atom. The standard InChI is InChI=1S/C32H27FN2O5/c1-18-14-23-26(15-19(18)2)40-29-27(28(23)36)32(35(30(29)37)17-22-6-5-13-39-22)24-7-3-4-8-25(24)34(31(32)38)16-20-9-11-21(33)12-10-20/h3-4,7-12,14-15,22H,5-6,13,16-17H2,1-2H3. The molecule has 0 N–H and O–H groups in total. The number of halogens is 1. The van der Waals surface area contributed by atoms with Gasteiger partial charge in [0.2, 0.25) is 5.76 Å². The third kappa shape index (κ3) is 3.35. The van der Waals surface area contributed by atoms with Crippen molar-refractivity contribution in [2.24, 2.45) is 0 Å². The van der Waals surface area contributed by atoms with Gasteiger partial charge in [0.05, 0.1) is 29.3 Å². The molecule has 2 amide bonds. The maximum Gasteiger partial charge on any atom is 0.291 e. The average Bonchev–Trinajstić information content (AvgIpc) is 3.61. The number of nitrogens with zero attached hydrogens (tertiary/aromatic N) is 2. The second-order valence-electron chi connectivity index (χ2n) is 10.9. The number of aryl methyl sites for hydroxylation is 2. The molecule has 0 saturated carbocycles. The van der Waals surface area contributed by atoms with Crippen molar-refractivity contribution in [2.45, 2.75) is 44.9 Å². The van der Waals surface area contributed by atoms with E-state index in [2.05, 4.69) is 0 Å². The van der Waals surface area contributed by atoms with Gasteiger partial charge in [0, 0.05) is 18.7 Å². The minimum atomic E-state index is -1.71. The van der Waals surface area contributed by atoms with Crippen molar-refractivity contribution in [1.29, 1.82) is 0 Å². The van der Waals surface area contributed by atoms with E-state index in [1.165, 1.54) is 17.0 Å². The van der Waals surface area contributed by atoms with Crippen LogP contribution in [0.1, 0.15) is 51.2 Å². The molecule has 2 atom stereocenters. The number of benzene rings is 3. The number of para-hydroxylation sites is 1. The number of fused-ring (bicyclic) bond motifs is 5. The van der Waals surface area contributed by atoms with Gasteiger partial charge in [-0.3, -0.25) is 14.4 Å². The van der Waals surface area contributed by atoms with E-state index in [4.69, 9.17) is 9.15 Å². The van der Waals surface area contributed by atoms with Crippen LogP contribution in [0.5, 0.6) is 0 Å². The van der Waals surface area contributed by atoms with Gasteiger partial charge >= 0.3 is 0 Å². The molecule has 40 heavy (non-hydrogen) atoms. The van der Waals surface area contributed by atoms with Crippen molar-refractivity contribution in [3.63, 3.8) is 0 Å². The Morgan fingerprint density at radius 1 is 1.00 bits per heavy atom. The lowest BCUT2D eigenvalue weighted by Crippen LogP contribution is -2.55. The summed E-state index contributed by atoms with van der Waals surface area (Å²) < 4.78 is 25.8. The molecule has 0 radical (unpaired) electrons. The van der Waals surface area contributed by atoms with Crippen LogP contribution in [0, 0.1) is 19.7 Å². The molecule has 7 nitrogen and oxygen atoms in total. The van der Waals surface area contributed by atoms with Crippen LogP contribution in [0.2, 0.25) is 0 Å². The van der Waals surface area contributed by atoms with E-state index in [1.54, 1.807) is 41.3 Å². The number of anilines is 1. The minimum Gasteiger partial charge on any atom is -0.450 e. The molecule has 3 aliphatic heterocycles. The monoisotopic (exact) mass is 538 g/mol. The molecule has 3 aliphatic rings. The number of rotatable bonds is 4. The molecular weight excluding hydrogens is 511 g/mol. The number of hydrogen-bond acceptors (Lipinski definition) is 5. The van der Waals surface area contributed by atoms with Gasteiger partial charge in [-0.1, -0.05) is 30.3 Å². The lowest BCUT2D eigenvalue weighted by atomic mass is 9.83. The molecule has 2 unspecified atom stereocenters. The molecule has 0 bridgehead atoms. The van der Waals surface area contributed by atoms with E-state index in [9.17, 15) is 18.8 Å². The predicted molar refractivity (Wildman–Crippen MR) is 147 cm³/mol. The molecule has 1 saturated heterocycles. The first-order valence-corrected chi connectivity index (χ1v) is 13.5. The fourth-order valence-electron chi connectivity index (χ4n) is 6.42. The van der Waals surface area contributed by atoms with Gasteiger partial charge in [-0.25, -0.2) is 4.39 Å². The zero-order valence-electron chi connectivity index (χ0n) is 22.2. The first kappa shape index (κ1) is 24.7. The first-order chi connectivity index (χ1) is 19.3. The summed E-state index contributed by atoms with van der Waals surface area (Å²) in [7, 11) is 0. The summed E-state index contributed by atoms with van der Waals surface area (Å²) in [5, 5.41) is 0.329. The van der Waals surface area contributed by atoms with E-state index in [0.717, 1.165) is 24.0 Å². The lowest BCUT2D eigenvalue weighted by molar-refractivity contribution is -0.126. The average molecular weight is 539 g/mol. The maximum atomic E-state index is 14.8. The summed E-state index contributed by atoms with van der Waals surface area (Å²) in [6, 6.07) is 16.7. The molecule has 4 heterocycles. The van der Waals surface area contributed by atoms with Gasteiger partial charge in [0.1, 0.15) is 11.4 Å². The highest BCUT2D eigenvalue weighted by atomic mass is 19.1. The number of ether oxygens (including phenoxy) is 1. The molecule has 3 aromatic carbocycles. The largest absolute Gasteiger partial charge is 0.450 e. The summed E-state index contributed by atoms with van der Waals surface area (Å²) in [4.78, 5) is 46.4. The molecule has 4 aromatic rings. The second-order valence-corrected chi connectivity index (χ2v) is 10.9. The van der Waals surface area contributed by atoms with Crippen LogP contribution in [0.4, 0.5) is 10.1 Å². The number of carbonyl (C=O) groups is 2. The Bertz CT molecular complexity index is 1770. The van der Waals surface area contributed by atoms with E-state index in [1.807, 2.05) is 26.0 Å².